The lowest BCUT2D eigenvalue weighted by Crippen LogP contribution is -2.60. The number of amidine groups is 1. The zero-order valence-corrected chi connectivity index (χ0v) is 17.3. The van der Waals surface area contributed by atoms with E-state index in [1.165, 1.54) is 44.5 Å². The van der Waals surface area contributed by atoms with Crippen molar-refractivity contribution in [1.29, 1.82) is 0 Å². The lowest BCUT2D eigenvalue weighted by Gasteiger charge is -2.41. The number of ether oxygens (including phenoxy) is 3. The van der Waals surface area contributed by atoms with Gasteiger partial charge in [0.25, 0.3) is 0 Å². The van der Waals surface area contributed by atoms with E-state index in [0.29, 0.717) is 5.75 Å². The average Bonchev–Trinajstić information content (AvgIpc) is 2.72. The fraction of sp³-hybridized carbons (Fsp3) is 0.350. The van der Waals surface area contributed by atoms with Crippen LogP contribution in [0.2, 0.25) is 0 Å². The maximum atomic E-state index is 14.6. The summed E-state index contributed by atoms with van der Waals surface area (Å²) in [6, 6.07) is 6.44. The van der Waals surface area contributed by atoms with E-state index in [0.717, 1.165) is 13.0 Å². The highest BCUT2D eigenvalue weighted by Gasteiger charge is 2.59. The summed E-state index contributed by atoms with van der Waals surface area (Å²) in [5, 5.41) is 2.40. The standard InChI is InChI=1S/C20H20F4N4O4/c1-18(10-31-19(2,16(25)28-18)20(22,23)24)13-8-11(4-6-14(13)21)27-17(29)32-15-7-5-12(30-3)9-26-15/h4-9H,10H2,1-3H3,(H2,25,28)(H,27,29)/t18-,19+/m0/s1. The normalized spacial score (nSPS) is 23.3. The van der Waals surface area contributed by atoms with E-state index in [1.54, 1.807) is 0 Å². The molecule has 0 spiro atoms. The molecule has 1 aliphatic rings. The van der Waals surface area contributed by atoms with Crippen LogP contribution in [-0.2, 0) is 10.3 Å². The number of hydrogen-bond donors (Lipinski definition) is 2. The fourth-order valence-electron chi connectivity index (χ4n) is 2.93. The molecule has 1 aromatic heterocycles. The van der Waals surface area contributed by atoms with Crippen molar-refractivity contribution in [3.63, 3.8) is 0 Å². The number of nitrogens with zero attached hydrogens (tertiary/aromatic N) is 2. The lowest BCUT2D eigenvalue weighted by molar-refractivity contribution is -0.249. The number of halogens is 4. The van der Waals surface area contributed by atoms with E-state index in [2.05, 4.69) is 15.3 Å². The van der Waals surface area contributed by atoms with Crippen LogP contribution in [0.1, 0.15) is 19.4 Å². The van der Waals surface area contributed by atoms with Crippen LogP contribution < -0.4 is 20.5 Å². The number of carbonyl (C=O) groups is 1. The molecule has 0 saturated carbocycles. The van der Waals surface area contributed by atoms with Gasteiger partial charge in [0, 0.05) is 17.3 Å². The number of nitrogens with two attached hydrogens (primary N) is 1. The Morgan fingerprint density at radius 3 is 2.53 bits per heavy atom. The summed E-state index contributed by atoms with van der Waals surface area (Å²) in [7, 11) is 1.45. The van der Waals surface area contributed by atoms with Gasteiger partial charge in [-0.05, 0) is 38.1 Å². The Bertz CT molecular complexity index is 1040. The van der Waals surface area contributed by atoms with E-state index >= 15 is 0 Å². The quantitative estimate of drug-likeness (QED) is 0.679. The first-order valence-electron chi connectivity index (χ1n) is 9.23. The number of carbonyl (C=O) groups excluding carboxylic acids is 1. The third-order valence-electron chi connectivity index (χ3n) is 4.97. The number of benzene rings is 1. The molecule has 0 saturated heterocycles. The van der Waals surface area contributed by atoms with Gasteiger partial charge in [0.15, 0.2) is 0 Å². The Labute approximate surface area is 180 Å². The van der Waals surface area contributed by atoms with Crippen LogP contribution in [0.4, 0.5) is 28.0 Å². The number of aliphatic imine (C=N–C) groups is 1. The minimum atomic E-state index is -4.80. The molecule has 0 unspecified atom stereocenters. The van der Waals surface area contributed by atoms with Crippen LogP contribution in [0.25, 0.3) is 0 Å². The first kappa shape index (κ1) is 23.3. The van der Waals surface area contributed by atoms with Crippen LogP contribution in [0.15, 0.2) is 41.5 Å². The second kappa shape index (κ2) is 8.26. The van der Waals surface area contributed by atoms with E-state index in [-0.39, 0.29) is 17.1 Å². The molecule has 172 valence electrons. The molecule has 1 amide bonds. The lowest BCUT2D eigenvalue weighted by atomic mass is 9.89. The fourth-order valence-corrected chi connectivity index (χ4v) is 2.93. The highest BCUT2D eigenvalue weighted by molar-refractivity contribution is 5.91. The predicted octanol–water partition coefficient (Wildman–Crippen LogP) is 3.76. The summed E-state index contributed by atoms with van der Waals surface area (Å²) in [4.78, 5) is 19.9. The number of pyridine rings is 1. The van der Waals surface area contributed by atoms with Crippen molar-refractivity contribution >= 4 is 17.6 Å². The van der Waals surface area contributed by atoms with Crippen molar-refractivity contribution in [1.82, 2.24) is 4.98 Å². The third-order valence-corrected chi connectivity index (χ3v) is 4.97. The summed E-state index contributed by atoms with van der Waals surface area (Å²) in [5.41, 5.74) is 1.21. The van der Waals surface area contributed by atoms with Gasteiger partial charge in [0.2, 0.25) is 11.5 Å². The molecule has 0 radical (unpaired) electrons. The van der Waals surface area contributed by atoms with Crippen LogP contribution in [0.3, 0.4) is 0 Å². The number of anilines is 1. The van der Waals surface area contributed by atoms with Gasteiger partial charge in [-0.15, -0.1) is 0 Å². The molecule has 1 aliphatic heterocycles. The van der Waals surface area contributed by atoms with Gasteiger partial charge in [-0.2, -0.15) is 13.2 Å². The molecule has 32 heavy (non-hydrogen) atoms. The van der Waals surface area contributed by atoms with Gasteiger partial charge in [0.05, 0.1) is 19.9 Å². The second-order valence-corrected chi connectivity index (χ2v) is 7.34. The maximum Gasteiger partial charge on any atom is 0.424 e. The minimum absolute atomic E-state index is 0.0120. The Hall–Kier alpha value is -3.41. The Morgan fingerprint density at radius 2 is 1.97 bits per heavy atom. The summed E-state index contributed by atoms with van der Waals surface area (Å²) in [5.74, 6) is -1.15. The van der Waals surface area contributed by atoms with Crippen LogP contribution in [0.5, 0.6) is 11.6 Å². The van der Waals surface area contributed by atoms with E-state index in [4.69, 9.17) is 19.9 Å². The zero-order valence-electron chi connectivity index (χ0n) is 17.3. The molecule has 12 heteroatoms. The monoisotopic (exact) mass is 456 g/mol. The van der Waals surface area contributed by atoms with Gasteiger partial charge < -0.3 is 19.9 Å². The molecule has 3 N–H and O–H groups in total. The summed E-state index contributed by atoms with van der Waals surface area (Å²) in [6.07, 6.45) is -4.37. The highest BCUT2D eigenvalue weighted by Crippen LogP contribution is 2.41. The molecule has 3 rings (SSSR count). The third kappa shape index (κ3) is 4.44. The van der Waals surface area contributed by atoms with E-state index < -0.39 is 41.7 Å². The molecular weight excluding hydrogens is 436 g/mol. The number of hydrogen-bond acceptors (Lipinski definition) is 7. The second-order valence-electron chi connectivity index (χ2n) is 7.34. The number of rotatable bonds is 4. The van der Waals surface area contributed by atoms with Crippen LogP contribution >= 0.6 is 0 Å². The summed E-state index contributed by atoms with van der Waals surface area (Å²) >= 11 is 0. The van der Waals surface area contributed by atoms with Crippen molar-refractivity contribution in [3.8, 4) is 11.6 Å². The van der Waals surface area contributed by atoms with E-state index in [9.17, 15) is 22.4 Å². The number of aromatic nitrogens is 1. The number of amides is 1. The largest absolute Gasteiger partial charge is 0.495 e. The number of nitrogens with one attached hydrogen (secondary N) is 1. The van der Waals surface area contributed by atoms with Crippen molar-refractivity contribution in [2.45, 2.75) is 31.2 Å². The molecule has 8 nitrogen and oxygen atoms in total. The maximum absolute atomic E-state index is 14.6. The average molecular weight is 456 g/mol. The van der Waals surface area contributed by atoms with Crippen molar-refractivity contribution in [2.75, 3.05) is 19.0 Å². The van der Waals surface area contributed by atoms with Gasteiger partial charge in [0.1, 0.15) is 22.9 Å². The minimum Gasteiger partial charge on any atom is -0.495 e. The smallest absolute Gasteiger partial charge is 0.424 e. The number of methoxy groups -OCH3 is 1. The Kier molecular flexibility index (Phi) is 6.00. The molecule has 2 atom stereocenters. The summed E-state index contributed by atoms with van der Waals surface area (Å²) in [6.45, 7) is 1.53. The molecule has 0 bridgehead atoms. The topological polar surface area (TPSA) is 108 Å². The Morgan fingerprint density at radius 1 is 1.25 bits per heavy atom. The van der Waals surface area contributed by atoms with Gasteiger partial charge >= 0.3 is 12.3 Å². The zero-order chi connectivity index (χ0) is 23.7. The molecule has 1 aromatic carbocycles. The molecule has 0 fully saturated rings. The highest BCUT2D eigenvalue weighted by atomic mass is 19.4. The molecular formula is C20H20F4N4O4. The van der Waals surface area contributed by atoms with Crippen molar-refractivity contribution in [2.24, 2.45) is 10.7 Å². The predicted molar refractivity (Wildman–Crippen MR) is 106 cm³/mol. The molecule has 2 aromatic rings. The van der Waals surface area contributed by atoms with Crippen LogP contribution in [-0.4, -0.2) is 42.4 Å². The van der Waals surface area contributed by atoms with Gasteiger partial charge in [-0.3, -0.25) is 10.3 Å². The van der Waals surface area contributed by atoms with Gasteiger partial charge in [-0.25, -0.2) is 14.2 Å². The van der Waals surface area contributed by atoms with Crippen molar-refractivity contribution < 1.29 is 36.6 Å². The Balaban J connectivity index is 1.82. The van der Waals surface area contributed by atoms with Crippen LogP contribution in [0, 0.1) is 5.82 Å². The van der Waals surface area contributed by atoms with Gasteiger partial charge in [-0.1, -0.05) is 0 Å². The molecule has 0 aliphatic carbocycles. The van der Waals surface area contributed by atoms with E-state index in [1.807, 2.05) is 0 Å². The first-order valence-corrected chi connectivity index (χ1v) is 9.23. The SMILES string of the molecule is COc1ccc(OC(=O)Nc2ccc(F)c([C@]3(C)CO[C@@](C)(C(F)(F)F)C(N)=N3)c2)nc1. The van der Waals surface area contributed by atoms with Crippen molar-refractivity contribution in [3.05, 3.63) is 47.9 Å². The summed E-state index contributed by atoms with van der Waals surface area (Å²) < 4.78 is 69.5. The molecule has 2 heterocycles. The first-order chi connectivity index (χ1) is 14.9. The number of alkyl halides is 3.